The lowest BCUT2D eigenvalue weighted by molar-refractivity contribution is 0.223. The van der Waals surface area contributed by atoms with Crippen LogP contribution < -0.4 is 5.32 Å². The van der Waals surface area contributed by atoms with Gasteiger partial charge in [-0.25, -0.2) is 4.98 Å². The molecule has 4 nitrogen and oxygen atoms in total. The van der Waals surface area contributed by atoms with E-state index in [0.717, 1.165) is 31.9 Å². The molecule has 0 aliphatic heterocycles. The molecule has 108 valence electrons. The standard InChI is InChI=1S/C15H21N3OS/c1-2-16-8-15-17-12(11-20-15)9-18(13-5-6-13)10-14-4-3-7-19-14/h3-4,7,11,13,16H,2,5-6,8-10H2,1H3. The summed E-state index contributed by atoms with van der Waals surface area (Å²) in [7, 11) is 0. The molecule has 5 heteroatoms. The molecular weight excluding hydrogens is 270 g/mol. The van der Waals surface area contributed by atoms with Gasteiger partial charge in [-0.15, -0.1) is 11.3 Å². The molecule has 0 spiro atoms. The Hall–Kier alpha value is -1.17. The SMILES string of the molecule is CCNCc1nc(CN(Cc2ccco2)C2CC2)cs1. The summed E-state index contributed by atoms with van der Waals surface area (Å²) in [4.78, 5) is 7.19. The maximum absolute atomic E-state index is 5.47. The first-order chi connectivity index (χ1) is 9.85. The summed E-state index contributed by atoms with van der Waals surface area (Å²) in [5.74, 6) is 1.04. The van der Waals surface area contributed by atoms with Gasteiger partial charge in [-0.05, 0) is 31.5 Å². The zero-order chi connectivity index (χ0) is 13.8. The molecule has 0 saturated heterocycles. The normalized spacial score (nSPS) is 15.1. The lowest BCUT2D eigenvalue weighted by Crippen LogP contribution is -2.25. The minimum Gasteiger partial charge on any atom is -0.468 e. The van der Waals surface area contributed by atoms with Gasteiger partial charge < -0.3 is 9.73 Å². The summed E-state index contributed by atoms with van der Waals surface area (Å²) in [6.45, 7) is 5.79. The molecule has 1 aliphatic rings. The molecule has 1 aliphatic carbocycles. The fourth-order valence-electron chi connectivity index (χ4n) is 2.30. The Morgan fingerprint density at radius 3 is 3.05 bits per heavy atom. The maximum Gasteiger partial charge on any atom is 0.117 e. The number of nitrogens with one attached hydrogen (secondary N) is 1. The second-order valence-electron chi connectivity index (χ2n) is 5.23. The molecule has 1 fully saturated rings. The summed E-state index contributed by atoms with van der Waals surface area (Å²) >= 11 is 1.75. The molecule has 0 radical (unpaired) electrons. The number of aromatic nitrogens is 1. The lowest BCUT2D eigenvalue weighted by atomic mass is 10.3. The van der Waals surface area contributed by atoms with Crippen molar-refractivity contribution in [2.75, 3.05) is 6.54 Å². The van der Waals surface area contributed by atoms with Crippen LogP contribution in [0.25, 0.3) is 0 Å². The van der Waals surface area contributed by atoms with Gasteiger partial charge in [-0.3, -0.25) is 4.90 Å². The van der Waals surface area contributed by atoms with Gasteiger partial charge in [0.15, 0.2) is 0 Å². The highest BCUT2D eigenvalue weighted by atomic mass is 32.1. The molecule has 0 unspecified atom stereocenters. The van der Waals surface area contributed by atoms with Crippen molar-refractivity contribution in [2.45, 2.75) is 45.4 Å². The van der Waals surface area contributed by atoms with E-state index in [0.29, 0.717) is 6.04 Å². The van der Waals surface area contributed by atoms with Crippen LogP contribution >= 0.6 is 11.3 Å². The summed E-state index contributed by atoms with van der Waals surface area (Å²) in [5.41, 5.74) is 1.18. The van der Waals surface area contributed by atoms with Crippen molar-refractivity contribution in [1.29, 1.82) is 0 Å². The molecular formula is C15H21N3OS. The number of nitrogens with zero attached hydrogens (tertiary/aromatic N) is 2. The van der Waals surface area contributed by atoms with Crippen molar-refractivity contribution in [3.8, 4) is 0 Å². The zero-order valence-electron chi connectivity index (χ0n) is 11.8. The Kier molecular flexibility index (Phi) is 4.50. The van der Waals surface area contributed by atoms with Gasteiger partial charge >= 0.3 is 0 Å². The van der Waals surface area contributed by atoms with E-state index in [9.17, 15) is 0 Å². The molecule has 0 aromatic carbocycles. The topological polar surface area (TPSA) is 41.3 Å². The Bertz CT molecular complexity index is 519. The van der Waals surface area contributed by atoms with Crippen LogP contribution in [0.2, 0.25) is 0 Å². The molecule has 3 rings (SSSR count). The Morgan fingerprint density at radius 2 is 2.35 bits per heavy atom. The number of hydrogen-bond acceptors (Lipinski definition) is 5. The fourth-order valence-corrected chi connectivity index (χ4v) is 3.05. The minimum atomic E-state index is 0.707. The average molecular weight is 291 g/mol. The van der Waals surface area contributed by atoms with E-state index in [1.54, 1.807) is 17.6 Å². The van der Waals surface area contributed by atoms with E-state index in [1.807, 2.05) is 12.1 Å². The van der Waals surface area contributed by atoms with Crippen molar-refractivity contribution >= 4 is 11.3 Å². The monoisotopic (exact) mass is 291 g/mol. The van der Waals surface area contributed by atoms with Crippen LogP contribution in [-0.2, 0) is 19.6 Å². The predicted octanol–water partition coefficient (Wildman–Crippen LogP) is 3.01. The van der Waals surface area contributed by atoms with E-state index in [-0.39, 0.29) is 0 Å². The summed E-state index contributed by atoms with van der Waals surface area (Å²) in [5, 5.41) is 6.68. The van der Waals surface area contributed by atoms with Gasteiger partial charge in [-0.2, -0.15) is 0 Å². The van der Waals surface area contributed by atoms with Crippen LogP contribution in [-0.4, -0.2) is 22.5 Å². The first-order valence-electron chi connectivity index (χ1n) is 7.25. The molecule has 1 N–H and O–H groups in total. The van der Waals surface area contributed by atoms with E-state index in [2.05, 4.69) is 22.5 Å². The highest BCUT2D eigenvalue weighted by Gasteiger charge is 2.29. The van der Waals surface area contributed by atoms with Gasteiger partial charge in [0.25, 0.3) is 0 Å². The van der Waals surface area contributed by atoms with E-state index < -0.39 is 0 Å². The van der Waals surface area contributed by atoms with Crippen LogP contribution in [0, 0.1) is 0 Å². The smallest absolute Gasteiger partial charge is 0.117 e. The number of hydrogen-bond donors (Lipinski definition) is 1. The van der Waals surface area contributed by atoms with Gasteiger partial charge in [0.1, 0.15) is 10.8 Å². The van der Waals surface area contributed by atoms with Crippen molar-refractivity contribution in [3.05, 3.63) is 40.2 Å². The Balaban J connectivity index is 1.59. The van der Waals surface area contributed by atoms with E-state index in [4.69, 9.17) is 9.40 Å². The minimum absolute atomic E-state index is 0.707. The zero-order valence-corrected chi connectivity index (χ0v) is 12.7. The molecule has 1 saturated carbocycles. The van der Waals surface area contributed by atoms with Crippen LogP contribution in [0.5, 0.6) is 0 Å². The highest BCUT2D eigenvalue weighted by molar-refractivity contribution is 7.09. The van der Waals surface area contributed by atoms with Crippen LogP contribution in [0.3, 0.4) is 0 Å². The third-order valence-corrected chi connectivity index (χ3v) is 4.39. The summed E-state index contributed by atoms with van der Waals surface area (Å²) in [6, 6.07) is 4.71. The molecule has 2 aromatic heterocycles. The predicted molar refractivity (Wildman–Crippen MR) is 80.5 cm³/mol. The first-order valence-corrected chi connectivity index (χ1v) is 8.13. The maximum atomic E-state index is 5.47. The number of furan rings is 1. The van der Waals surface area contributed by atoms with Gasteiger partial charge in [-0.1, -0.05) is 6.92 Å². The van der Waals surface area contributed by atoms with E-state index >= 15 is 0 Å². The summed E-state index contributed by atoms with van der Waals surface area (Å²) < 4.78 is 5.47. The van der Waals surface area contributed by atoms with Crippen molar-refractivity contribution in [2.24, 2.45) is 0 Å². The average Bonchev–Trinajstić information content (AvgIpc) is 3.00. The van der Waals surface area contributed by atoms with Crippen LogP contribution in [0.1, 0.15) is 36.2 Å². The summed E-state index contributed by atoms with van der Waals surface area (Å²) in [6.07, 6.45) is 4.35. The second kappa shape index (κ2) is 6.52. The van der Waals surface area contributed by atoms with Crippen molar-refractivity contribution in [1.82, 2.24) is 15.2 Å². The third-order valence-electron chi connectivity index (χ3n) is 3.49. The van der Waals surface area contributed by atoms with Gasteiger partial charge in [0.2, 0.25) is 0 Å². The number of rotatable bonds is 8. The quantitative estimate of drug-likeness (QED) is 0.812. The van der Waals surface area contributed by atoms with E-state index in [1.165, 1.54) is 23.5 Å². The molecule has 0 atom stereocenters. The van der Waals surface area contributed by atoms with Crippen molar-refractivity contribution in [3.63, 3.8) is 0 Å². The molecule has 2 aromatic rings. The fraction of sp³-hybridized carbons (Fsp3) is 0.533. The third kappa shape index (κ3) is 3.69. The molecule has 20 heavy (non-hydrogen) atoms. The van der Waals surface area contributed by atoms with Crippen LogP contribution in [0.4, 0.5) is 0 Å². The highest BCUT2D eigenvalue weighted by Crippen LogP contribution is 2.30. The largest absolute Gasteiger partial charge is 0.468 e. The Morgan fingerprint density at radius 1 is 1.45 bits per heavy atom. The number of thiazole rings is 1. The molecule has 2 heterocycles. The molecule has 0 amide bonds. The van der Waals surface area contributed by atoms with Gasteiger partial charge in [0, 0.05) is 24.5 Å². The second-order valence-corrected chi connectivity index (χ2v) is 6.17. The molecule has 0 bridgehead atoms. The van der Waals surface area contributed by atoms with Crippen LogP contribution in [0.15, 0.2) is 28.2 Å². The first kappa shape index (κ1) is 13.8. The lowest BCUT2D eigenvalue weighted by Gasteiger charge is -2.19. The van der Waals surface area contributed by atoms with Gasteiger partial charge in [0.05, 0.1) is 18.5 Å². The Labute approximate surface area is 123 Å². The van der Waals surface area contributed by atoms with Crippen molar-refractivity contribution < 1.29 is 4.42 Å².